The Morgan fingerprint density at radius 3 is 0.806 bits per heavy atom. The van der Waals surface area contributed by atoms with Crippen LogP contribution >= 0.6 is 0 Å². The number of ether oxygens (including phenoxy) is 2. The van der Waals surface area contributed by atoms with E-state index in [1.807, 2.05) is 0 Å². The fraction of sp³-hybridized carbons (Fsp3) is 0.935. The third-order valence-corrected chi connectivity index (χ3v) is 14.3. The lowest BCUT2D eigenvalue weighted by atomic mass is 10.0. The lowest BCUT2D eigenvalue weighted by molar-refractivity contribution is -0.161. The number of carbonyl (C=O) groups is 2. The number of hydrogen-bond acceptors (Lipinski definition) is 5. The molecule has 0 radical (unpaired) electrons. The van der Waals surface area contributed by atoms with Gasteiger partial charge < -0.3 is 14.6 Å². The van der Waals surface area contributed by atoms with Crippen LogP contribution in [0.3, 0.4) is 0 Å². The van der Waals surface area contributed by atoms with Gasteiger partial charge in [0.15, 0.2) is 6.10 Å². The second kappa shape index (κ2) is 59.0. The average Bonchev–Trinajstić information content (AvgIpc) is 3.33. The molecule has 0 heterocycles. The zero-order valence-corrected chi connectivity index (χ0v) is 45.7. The summed E-state index contributed by atoms with van der Waals surface area (Å²) in [5, 5.41) is 9.66. The number of carbonyl (C=O) groups excluding carboxylic acids is 2. The summed E-state index contributed by atoms with van der Waals surface area (Å²) in [6, 6.07) is 0. The predicted octanol–water partition coefficient (Wildman–Crippen LogP) is 20.7. The van der Waals surface area contributed by atoms with Crippen LogP contribution in [0.4, 0.5) is 0 Å². The molecule has 0 aromatic heterocycles. The first-order valence-electron chi connectivity index (χ1n) is 30.7. The van der Waals surface area contributed by atoms with E-state index < -0.39 is 6.10 Å². The molecular formula is C62H120O5. The van der Waals surface area contributed by atoms with Crippen molar-refractivity contribution in [3.63, 3.8) is 0 Å². The Hall–Kier alpha value is -1.36. The molecule has 1 atom stereocenters. The van der Waals surface area contributed by atoms with Gasteiger partial charge in [-0.2, -0.15) is 0 Å². The van der Waals surface area contributed by atoms with Gasteiger partial charge in [-0.05, 0) is 38.5 Å². The minimum atomic E-state index is -0.766. The molecule has 0 aliphatic carbocycles. The van der Waals surface area contributed by atoms with Crippen LogP contribution < -0.4 is 0 Å². The van der Waals surface area contributed by atoms with Crippen molar-refractivity contribution in [3.05, 3.63) is 12.2 Å². The highest BCUT2D eigenvalue weighted by molar-refractivity contribution is 5.70. The van der Waals surface area contributed by atoms with Crippen LogP contribution in [0, 0.1) is 0 Å². The van der Waals surface area contributed by atoms with E-state index in [1.54, 1.807) is 0 Å². The SMILES string of the molecule is CCCCCCCCCC/C=C\CCCCCCCCCCCCCCCCCCCCCCCC(=O)OC(CO)COC(=O)CCCCCCCCCCCCCCCCCCCCCC. The van der Waals surface area contributed by atoms with Crippen molar-refractivity contribution in [3.8, 4) is 0 Å². The van der Waals surface area contributed by atoms with Crippen LogP contribution in [0.1, 0.15) is 354 Å². The number of allylic oxidation sites excluding steroid dienone is 2. The van der Waals surface area contributed by atoms with E-state index in [2.05, 4.69) is 26.0 Å². The standard InChI is InChI=1S/C62H120O5/c1-3-5-7-9-11-13-15-17-19-21-23-25-26-27-28-29-30-31-32-33-34-35-36-37-39-41-43-45-47-49-51-53-55-57-62(65)67-60(58-63)59-66-61(64)56-54-52-50-48-46-44-42-40-38-24-22-20-18-16-14-12-10-8-6-4-2/h21,23,60,63H,3-20,22,24-59H2,1-2H3/b23-21-. The Labute approximate surface area is 420 Å². The third-order valence-electron chi connectivity index (χ3n) is 14.3. The monoisotopic (exact) mass is 945 g/mol. The second-order valence-corrected chi connectivity index (χ2v) is 21.1. The summed E-state index contributed by atoms with van der Waals surface area (Å²) in [5.74, 6) is -0.564. The van der Waals surface area contributed by atoms with Crippen molar-refractivity contribution in [2.24, 2.45) is 0 Å². The Morgan fingerprint density at radius 1 is 0.328 bits per heavy atom. The van der Waals surface area contributed by atoms with Crippen LogP contribution in [0.25, 0.3) is 0 Å². The Balaban J connectivity index is 3.38. The smallest absolute Gasteiger partial charge is 0.306 e. The first-order valence-corrected chi connectivity index (χ1v) is 30.7. The maximum Gasteiger partial charge on any atom is 0.306 e. The molecule has 0 rings (SSSR count). The van der Waals surface area contributed by atoms with Gasteiger partial charge in [-0.1, -0.05) is 315 Å². The summed E-state index contributed by atoms with van der Waals surface area (Å²) in [4.78, 5) is 24.5. The van der Waals surface area contributed by atoms with Gasteiger partial charge in [0.25, 0.3) is 0 Å². The van der Waals surface area contributed by atoms with Crippen molar-refractivity contribution >= 4 is 11.9 Å². The normalized spacial score (nSPS) is 12.1. The van der Waals surface area contributed by atoms with Gasteiger partial charge in [0.2, 0.25) is 0 Å². The number of hydrogen-bond donors (Lipinski definition) is 1. The van der Waals surface area contributed by atoms with E-state index in [0.717, 1.165) is 32.1 Å². The second-order valence-electron chi connectivity index (χ2n) is 21.1. The molecule has 5 heteroatoms. The first-order chi connectivity index (χ1) is 33.1. The fourth-order valence-electron chi connectivity index (χ4n) is 9.67. The molecule has 0 aliphatic heterocycles. The van der Waals surface area contributed by atoms with Crippen LogP contribution in [0.2, 0.25) is 0 Å². The minimum Gasteiger partial charge on any atom is -0.462 e. The summed E-state index contributed by atoms with van der Waals surface area (Å²) in [6.07, 6.45) is 73.6. The summed E-state index contributed by atoms with van der Waals surface area (Å²) < 4.78 is 10.7. The van der Waals surface area contributed by atoms with Gasteiger partial charge in [0.05, 0.1) is 6.61 Å². The summed E-state index contributed by atoms with van der Waals surface area (Å²) in [5.41, 5.74) is 0. The molecule has 0 spiro atoms. The fourth-order valence-corrected chi connectivity index (χ4v) is 9.67. The Kier molecular flexibility index (Phi) is 57.8. The number of aliphatic hydroxyl groups is 1. The molecule has 0 saturated carbocycles. The summed E-state index contributed by atoms with van der Waals surface area (Å²) >= 11 is 0. The van der Waals surface area contributed by atoms with Crippen molar-refractivity contribution in [1.82, 2.24) is 0 Å². The quantitative estimate of drug-likeness (QED) is 0.0374. The predicted molar refractivity (Wildman–Crippen MR) is 293 cm³/mol. The van der Waals surface area contributed by atoms with E-state index in [4.69, 9.17) is 9.47 Å². The largest absolute Gasteiger partial charge is 0.462 e. The van der Waals surface area contributed by atoms with Gasteiger partial charge in [0, 0.05) is 12.8 Å². The van der Waals surface area contributed by atoms with Crippen LogP contribution in [0.5, 0.6) is 0 Å². The molecule has 0 aromatic carbocycles. The molecular weight excluding hydrogens is 825 g/mol. The molecule has 1 unspecified atom stereocenters. The molecule has 0 fully saturated rings. The van der Waals surface area contributed by atoms with Gasteiger partial charge in [-0.15, -0.1) is 0 Å². The topological polar surface area (TPSA) is 72.8 Å². The molecule has 5 nitrogen and oxygen atoms in total. The third kappa shape index (κ3) is 57.1. The number of rotatable bonds is 58. The lowest BCUT2D eigenvalue weighted by Gasteiger charge is -2.15. The van der Waals surface area contributed by atoms with Crippen LogP contribution in [-0.4, -0.2) is 36.4 Å². The zero-order valence-electron chi connectivity index (χ0n) is 45.7. The van der Waals surface area contributed by atoms with Gasteiger partial charge in [-0.3, -0.25) is 9.59 Å². The van der Waals surface area contributed by atoms with Crippen molar-refractivity contribution in [2.75, 3.05) is 13.2 Å². The Morgan fingerprint density at radius 2 is 0.552 bits per heavy atom. The number of esters is 2. The molecule has 0 bridgehead atoms. The number of aliphatic hydroxyl groups excluding tert-OH is 1. The first kappa shape index (κ1) is 65.6. The maximum atomic E-state index is 12.3. The highest BCUT2D eigenvalue weighted by atomic mass is 16.6. The van der Waals surface area contributed by atoms with E-state index in [0.29, 0.717) is 12.8 Å². The lowest BCUT2D eigenvalue weighted by Crippen LogP contribution is -2.28. The van der Waals surface area contributed by atoms with Gasteiger partial charge in [-0.25, -0.2) is 0 Å². The molecule has 0 saturated heterocycles. The van der Waals surface area contributed by atoms with Crippen molar-refractivity contribution < 1.29 is 24.2 Å². The maximum absolute atomic E-state index is 12.3. The van der Waals surface area contributed by atoms with Gasteiger partial charge in [0.1, 0.15) is 6.61 Å². The van der Waals surface area contributed by atoms with Crippen molar-refractivity contribution in [2.45, 2.75) is 360 Å². The van der Waals surface area contributed by atoms with Crippen LogP contribution in [0.15, 0.2) is 12.2 Å². The van der Waals surface area contributed by atoms with Crippen molar-refractivity contribution in [1.29, 1.82) is 0 Å². The molecule has 398 valence electrons. The molecule has 0 aliphatic rings. The minimum absolute atomic E-state index is 0.0569. The van der Waals surface area contributed by atoms with E-state index >= 15 is 0 Å². The molecule has 0 amide bonds. The summed E-state index contributed by atoms with van der Waals surface area (Å²) in [6.45, 7) is 4.20. The highest BCUT2D eigenvalue weighted by Gasteiger charge is 2.16. The number of unbranched alkanes of at least 4 members (excludes halogenated alkanes) is 48. The molecule has 67 heavy (non-hydrogen) atoms. The highest BCUT2D eigenvalue weighted by Crippen LogP contribution is 2.18. The van der Waals surface area contributed by atoms with Gasteiger partial charge >= 0.3 is 11.9 Å². The molecule has 1 N–H and O–H groups in total. The van der Waals surface area contributed by atoms with E-state index in [9.17, 15) is 14.7 Å². The van der Waals surface area contributed by atoms with E-state index in [-0.39, 0.29) is 25.2 Å². The summed E-state index contributed by atoms with van der Waals surface area (Å²) in [7, 11) is 0. The zero-order chi connectivity index (χ0) is 48.5. The average molecular weight is 946 g/mol. The van der Waals surface area contributed by atoms with Crippen LogP contribution in [-0.2, 0) is 19.1 Å². The molecule has 0 aromatic rings. The Bertz CT molecular complexity index is 979. The van der Waals surface area contributed by atoms with E-state index in [1.165, 1.54) is 295 Å².